The van der Waals surface area contributed by atoms with Crippen LogP contribution in [0.2, 0.25) is 0 Å². The van der Waals surface area contributed by atoms with Crippen molar-refractivity contribution in [2.24, 2.45) is 0 Å². The van der Waals surface area contributed by atoms with Crippen LogP contribution < -0.4 is 4.90 Å². The van der Waals surface area contributed by atoms with E-state index >= 15 is 0 Å². The first kappa shape index (κ1) is 25.2. The van der Waals surface area contributed by atoms with Gasteiger partial charge in [0.2, 0.25) is 5.95 Å². The molecule has 5 heteroatoms. The first-order valence-electron chi connectivity index (χ1n) is 15.8. The summed E-state index contributed by atoms with van der Waals surface area (Å²) in [4.78, 5) is 13.1. The van der Waals surface area contributed by atoms with Crippen molar-refractivity contribution in [3.8, 4) is 22.4 Å². The van der Waals surface area contributed by atoms with E-state index in [1.165, 1.54) is 47.5 Å². The highest BCUT2D eigenvalue weighted by Gasteiger charge is 2.31. The van der Waals surface area contributed by atoms with Gasteiger partial charge in [0.25, 0.3) is 0 Å². The Morgan fingerprint density at radius 2 is 1.32 bits per heavy atom. The zero-order valence-electron chi connectivity index (χ0n) is 24.9. The minimum Gasteiger partial charge on any atom is -0.452 e. The highest BCUT2D eigenvalue weighted by Crippen LogP contribution is 2.53. The van der Waals surface area contributed by atoms with Crippen LogP contribution in [0.5, 0.6) is 0 Å². The van der Waals surface area contributed by atoms with E-state index in [0.717, 1.165) is 44.5 Å². The number of thiophene rings is 1. The lowest BCUT2D eigenvalue weighted by Crippen LogP contribution is -2.18. The fraction of sp³-hybridized carbons (Fsp3) is 0. The quantitative estimate of drug-likeness (QED) is 0.194. The number of aromatic nitrogens is 2. The molecule has 0 N–H and O–H groups in total. The van der Waals surface area contributed by atoms with Gasteiger partial charge >= 0.3 is 0 Å². The predicted molar refractivity (Wildman–Crippen MR) is 196 cm³/mol. The van der Waals surface area contributed by atoms with Crippen molar-refractivity contribution in [1.82, 2.24) is 9.97 Å². The molecule has 7 aromatic carbocycles. The van der Waals surface area contributed by atoms with Crippen LogP contribution >= 0.6 is 11.3 Å². The third-order valence-electron chi connectivity index (χ3n) is 9.60. The van der Waals surface area contributed by atoms with Crippen LogP contribution in [-0.2, 0) is 0 Å². The van der Waals surface area contributed by atoms with E-state index in [9.17, 15) is 0 Å². The van der Waals surface area contributed by atoms with Gasteiger partial charge in [-0.2, -0.15) is 0 Å². The number of hydrogen-bond donors (Lipinski definition) is 0. The minimum absolute atomic E-state index is 0.620. The Hall–Kier alpha value is -6.04. The zero-order valence-corrected chi connectivity index (χ0v) is 25.8. The van der Waals surface area contributed by atoms with E-state index < -0.39 is 0 Å². The summed E-state index contributed by atoms with van der Waals surface area (Å²) in [6.45, 7) is 0. The second kappa shape index (κ2) is 9.25. The fourth-order valence-electron chi connectivity index (χ4n) is 7.52. The van der Waals surface area contributed by atoms with Crippen molar-refractivity contribution in [3.05, 3.63) is 140 Å². The summed E-state index contributed by atoms with van der Waals surface area (Å²) in [7, 11) is 0. The van der Waals surface area contributed by atoms with Crippen molar-refractivity contribution in [3.63, 3.8) is 0 Å². The van der Waals surface area contributed by atoms with Gasteiger partial charge in [0.05, 0.1) is 11.4 Å². The Morgan fingerprint density at radius 1 is 0.553 bits per heavy atom. The lowest BCUT2D eigenvalue weighted by molar-refractivity contribution is 0.667. The predicted octanol–water partition coefficient (Wildman–Crippen LogP) is 12.2. The average molecular weight is 618 g/mol. The first-order chi connectivity index (χ1) is 23.3. The van der Waals surface area contributed by atoms with Gasteiger partial charge in [-0.3, -0.25) is 4.90 Å². The van der Waals surface area contributed by atoms with Gasteiger partial charge in [-0.05, 0) is 46.7 Å². The van der Waals surface area contributed by atoms with Crippen LogP contribution in [0.15, 0.2) is 144 Å². The Labute approximate surface area is 272 Å². The molecule has 218 valence electrons. The molecular weight excluding hydrogens is 595 g/mol. The fourth-order valence-corrected chi connectivity index (χ4v) is 8.67. The summed E-state index contributed by atoms with van der Waals surface area (Å²) < 4.78 is 9.07. The molecule has 4 nitrogen and oxygen atoms in total. The summed E-state index contributed by atoms with van der Waals surface area (Å²) in [6, 6.07) is 49.5. The highest BCUT2D eigenvalue weighted by molar-refractivity contribution is 7.25. The largest absolute Gasteiger partial charge is 0.452 e. The average Bonchev–Trinajstić information content (AvgIpc) is 3.69. The van der Waals surface area contributed by atoms with Gasteiger partial charge in [-0.25, -0.2) is 9.97 Å². The molecule has 0 radical (unpaired) electrons. The third kappa shape index (κ3) is 3.46. The number of hydrogen-bond acceptors (Lipinski definition) is 5. The molecule has 0 fully saturated rings. The maximum Gasteiger partial charge on any atom is 0.236 e. The Kier molecular flexibility index (Phi) is 4.96. The molecule has 1 aliphatic rings. The number of anilines is 3. The van der Waals surface area contributed by atoms with Crippen molar-refractivity contribution >= 4 is 92.4 Å². The van der Waals surface area contributed by atoms with Gasteiger partial charge in [0, 0.05) is 47.5 Å². The molecule has 0 unspecified atom stereocenters. The van der Waals surface area contributed by atoms with Crippen LogP contribution in [0.4, 0.5) is 17.3 Å². The van der Waals surface area contributed by atoms with Crippen LogP contribution in [0, 0.1) is 0 Å². The molecule has 10 aromatic rings. The van der Waals surface area contributed by atoms with Crippen molar-refractivity contribution in [2.75, 3.05) is 4.90 Å². The summed E-state index contributed by atoms with van der Waals surface area (Å²) in [5.41, 5.74) is 8.65. The molecule has 0 spiro atoms. The van der Waals surface area contributed by atoms with Crippen LogP contribution in [0.1, 0.15) is 0 Å². The van der Waals surface area contributed by atoms with Gasteiger partial charge in [0.1, 0.15) is 16.8 Å². The summed E-state index contributed by atoms with van der Waals surface area (Å²) in [6.07, 6.45) is 0. The van der Waals surface area contributed by atoms with Gasteiger partial charge in [-0.15, -0.1) is 11.3 Å². The maximum atomic E-state index is 6.56. The smallest absolute Gasteiger partial charge is 0.236 e. The van der Waals surface area contributed by atoms with Crippen LogP contribution in [0.25, 0.3) is 86.2 Å². The molecule has 0 atom stereocenters. The van der Waals surface area contributed by atoms with E-state index in [4.69, 9.17) is 14.4 Å². The van der Waals surface area contributed by atoms with Crippen molar-refractivity contribution in [2.45, 2.75) is 0 Å². The standard InChI is InChI=1S/C42H23N3OS/c1-2-12-27-24(9-1)19-22-31-30-15-7-10-25-11-8-16-33(37(25)30)45(40(27)31)42-43-38(41-39(44-42)32-14-3-5-17-34(32)46-41)26-20-21-29-28-13-4-6-18-35(28)47-36(29)23-26/h1-23H. The van der Waals surface area contributed by atoms with E-state index in [1.54, 1.807) is 0 Å². The lowest BCUT2D eigenvalue weighted by Gasteiger charge is -2.33. The maximum absolute atomic E-state index is 6.56. The van der Waals surface area contributed by atoms with Crippen LogP contribution in [0.3, 0.4) is 0 Å². The molecule has 0 saturated heterocycles. The van der Waals surface area contributed by atoms with E-state index in [2.05, 4.69) is 126 Å². The summed E-state index contributed by atoms with van der Waals surface area (Å²) >= 11 is 1.81. The molecule has 0 bridgehead atoms. The lowest BCUT2D eigenvalue weighted by atomic mass is 9.89. The number of para-hydroxylation sites is 1. The molecule has 4 heterocycles. The van der Waals surface area contributed by atoms with E-state index in [-0.39, 0.29) is 0 Å². The summed E-state index contributed by atoms with van der Waals surface area (Å²) in [5.74, 6) is 0.620. The topological polar surface area (TPSA) is 42.2 Å². The van der Waals surface area contributed by atoms with E-state index in [1.807, 2.05) is 29.5 Å². The number of furan rings is 1. The molecule has 0 amide bonds. The van der Waals surface area contributed by atoms with Gasteiger partial charge < -0.3 is 4.42 Å². The molecule has 0 aliphatic carbocycles. The molecule has 3 aromatic heterocycles. The van der Waals surface area contributed by atoms with Gasteiger partial charge in [-0.1, -0.05) is 109 Å². The number of benzene rings is 7. The van der Waals surface area contributed by atoms with E-state index in [0.29, 0.717) is 11.5 Å². The van der Waals surface area contributed by atoms with Crippen molar-refractivity contribution < 1.29 is 4.42 Å². The van der Waals surface area contributed by atoms with Gasteiger partial charge in [0.15, 0.2) is 5.58 Å². The second-order valence-electron chi connectivity index (χ2n) is 12.2. The molecule has 0 saturated carbocycles. The number of nitrogens with zero attached hydrogens (tertiary/aromatic N) is 3. The normalized spacial score (nSPS) is 12.6. The highest BCUT2D eigenvalue weighted by atomic mass is 32.1. The molecule has 47 heavy (non-hydrogen) atoms. The van der Waals surface area contributed by atoms with Crippen molar-refractivity contribution in [1.29, 1.82) is 0 Å². The number of rotatable bonds is 2. The summed E-state index contributed by atoms with van der Waals surface area (Å²) in [5, 5.41) is 8.23. The first-order valence-corrected chi connectivity index (χ1v) is 16.6. The molecular formula is C42H23N3OS. The Bertz CT molecular complexity index is 2930. The number of fused-ring (bicyclic) bond motifs is 10. The van der Waals surface area contributed by atoms with Crippen LogP contribution in [-0.4, -0.2) is 9.97 Å². The molecule has 1 aliphatic heterocycles. The Balaban J connectivity index is 1.26. The second-order valence-corrected chi connectivity index (χ2v) is 13.2. The third-order valence-corrected chi connectivity index (χ3v) is 10.7. The monoisotopic (exact) mass is 617 g/mol. The minimum atomic E-state index is 0.620. The zero-order chi connectivity index (χ0) is 30.6. The Morgan fingerprint density at radius 3 is 2.26 bits per heavy atom. The molecule has 11 rings (SSSR count). The SMILES string of the molecule is c1ccc2c3c(ccc2c1)-c1cccc2cccc(c12)N3c1nc(-c2ccc3c(c2)sc2ccccc23)c2oc3ccccc3c2n1.